The predicted octanol–water partition coefficient (Wildman–Crippen LogP) is 0.552. The fourth-order valence-corrected chi connectivity index (χ4v) is 2.80. The lowest BCUT2D eigenvalue weighted by atomic mass is 10.3. The topological polar surface area (TPSA) is 75.3 Å². The maximum Gasteiger partial charge on any atom is 0.241 e. The largest absolute Gasteiger partial charge is 0.368 e. The number of piperazine rings is 1. The molecule has 2 aromatic heterocycles. The third kappa shape index (κ3) is 1.76. The molecule has 1 fully saturated rings. The molecule has 0 spiro atoms. The molecule has 7 heteroatoms. The Morgan fingerprint density at radius 2 is 2.22 bits per heavy atom. The molecule has 0 bridgehead atoms. The SMILES string of the molecule is CN1CCN(c2nc(N)nc3sccc23)CC1=O. The summed E-state index contributed by atoms with van der Waals surface area (Å²) < 4.78 is 0. The molecular weight excluding hydrogens is 250 g/mol. The van der Waals surface area contributed by atoms with E-state index in [9.17, 15) is 4.79 Å². The Labute approximate surface area is 108 Å². The second-order valence-electron chi connectivity index (χ2n) is 4.28. The Hall–Kier alpha value is -1.89. The highest BCUT2D eigenvalue weighted by atomic mass is 32.1. The number of nitrogens with zero attached hydrogens (tertiary/aromatic N) is 4. The number of hydrogen-bond donors (Lipinski definition) is 1. The summed E-state index contributed by atoms with van der Waals surface area (Å²) >= 11 is 1.53. The van der Waals surface area contributed by atoms with Crippen molar-refractivity contribution in [2.75, 3.05) is 37.3 Å². The van der Waals surface area contributed by atoms with Crippen LogP contribution in [0, 0.1) is 0 Å². The third-order valence-electron chi connectivity index (χ3n) is 3.08. The van der Waals surface area contributed by atoms with Gasteiger partial charge in [-0.25, -0.2) is 4.98 Å². The van der Waals surface area contributed by atoms with E-state index in [-0.39, 0.29) is 11.9 Å². The number of rotatable bonds is 1. The lowest BCUT2D eigenvalue weighted by Gasteiger charge is -2.33. The number of fused-ring (bicyclic) bond motifs is 1. The van der Waals surface area contributed by atoms with Gasteiger partial charge in [0.25, 0.3) is 0 Å². The first-order valence-electron chi connectivity index (χ1n) is 5.65. The summed E-state index contributed by atoms with van der Waals surface area (Å²) in [5.41, 5.74) is 5.71. The lowest BCUT2D eigenvalue weighted by Crippen LogP contribution is -2.48. The van der Waals surface area contributed by atoms with Gasteiger partial charge >= 0.3 is 0 Å². The van der Waals surface area contributed by atoms with Gasteiger partial charge in [-0.2, -0.15) is 4.98 Å². The molecule has 0 aliphatic carbocycles. The van der Waals surface area contributed by atoms with Crippen molar-refractivity contribution in [3.05, 3.63) is 11.4 Å². The van der Waals surface area contributed by atoms with E-state index in [1.165, 1.54) is 11.3 Å². The van der Waals surface area contributed by atoms with Crippen molar-refractivity contribution in [2.45, 2.75) is 0 Å². The van der Waals surface area contributed by atoms with E-state index in [0.29, 0.717) is 13.1 Å². The maximum absolute atomic E-state index is 11.7. The van der Waals surface area contributed by atoms with E-state index < -0.39 is 0 Å². The zero-order valence-corrected chi connectivity index (χ0v) is 10.8. The van der Waals surface area contributed by atoms with Gasteiger partial charge in [-0.3, -0.25) is 4.79 Å². The van der Waals surface area contributed by atoms with E-state index in [2.05, 4.69) is 9.97 Å². The molecule has 1 amide bonds. The lowest BCUT2D eigenvalue weighted by molar-refractivity contribution is -0.129. The van der Waals surface area contributed by atoms with Gasteiger partial charge in [0.05, 0.1) is 11.9 Å². The van der Waals surface area contributed by atoms with Crippen LogP contribution < -0.4 is 10.6 Å². The summed E-state index contributed by atoms with van der Waals surface area (Å²) in [6.45, 7) is 1.82. The molecule has 1 saturated heterocycles. The first kappa shape index (κ1) is 11.2. The number of nitrogen functional groups attached to an aromatic ring is 1. The first-order chi connectivity index (χ1) is 8.65. The standard InChI is InChI=1S/C11H13N5OS/c1-15-3-4-16(6-8(15)17)9-7-2-5-18-10(7)14-11(12)13-9/h2,5H,3-4,6H2,1H3,(H2,12,13,14). The molecule has 2 N–H and O–H groups in total. The van der Waals surface area contributed by atoms with E-state index in [0.717, 1.165) is 22.6 Å². The van der Waals surface area contributed by atoms with Crippen LogP contribution in [0.5, 0.6) is 0 Å². The normalized spacial score (nSPS) is 16.6. The maximum atomic E-state index is 11.7. The van der Waals surface area contributed by atoms with Crippen LogP contribution in [0.1, 0.15) is 0 Å². The number of likely N-dealkylation sites (N-methyl/N-ethyl adjacent to an activating group) is 1. The number of thiophene rings is 1. The number of carbonyl (C=O) groups excluding carboxylic acids is 1. The minimum Gasteiger partial charge on any atom is -0.368 e. The third-order valence-corrected chi connectivity index (χ3v) is 3.89. The fourth-order valence-electron chi connectivity index (χ4n) is 2.04. The van der Waals surface area contributed by atoms with Gasteiger partial charge in [-0.1, -0.05) is 0 Å². The van der Waals surface area contributed by atoms with E-state index in [1.54, 1.807) is 4.90 Å². The smallest absolute Gasteiger partial charge is 0.241 e. The molecule has 0 aromatic carbocycles. The number of amides is 1. The van der Waals surface area contributed by atoms with Crippen molar-refractivity contribution in [3.63, 3.8) is 0 Å². The summed E-state index contributed by atoms with van der Waals surface area (Å²) in [5, 5.41) is 2.92. The van der Waals surface area contributed by atoms with Crippen LogP contribution in [0.4, 0.5) is 11.8 Å². The minimum absolute atomic E-state index is 0.0989. The summed E-state index contributed by atoms with van der Waals surface area (Å²) in [6, 6.07) is 1.97. The van der Waals surface area contributed by atoms with Crippen LogP contribution in [0.2, 0.25) is 0 Å². The summed E-state index contributed by atoms with van der Waals surface area (Å²) in [6.07, 6.45) is 0. The van der Waals surface area contributed by atoms with Gasteiger partial charge in [-0.15, -0.1) is 11.3 Å². The second-order valence-corrected chi connectivity index (χ2v) is 5.18. The van der Waals surface area contributed by atoms with Gasteiger partial charge in [0.15, 0.2) is 0 Å². The summed E-state index contributed by atoms with van der Waals surface area (Å²) in [4.78, 5) is 24.8. The van der Waals surface area contributed by atoms with Crippen LogP contribution in [-0.4, -0.2) is 47.5 Å². The Morgan fingerprint density at radius 3 is 3.00 bits per heavy atom. The van der Waals surface area contributed by atoms with Crippen molar-refractivity contribution < 1.29 is 4.79 Å². The summed E-state index contributed by atoms with van der Waals surface area (Å²) in [5.74, 6) is 1.12. The minimum atomic E-state index is 0.0989. The molecule has 1 aliphatic rings. The Kier molecular flexibility index (Phi) is 2.55. The Morgan fingerprint density at radius 1 is 1.39 bits per heavy atom. The number of carbonyl (C=O) groups is 1. The van der Waals surface area contributed by atoms with E-state index in [4.69, 9.17) is 5.73 Å². The number of nitrogens with two attached hydrogens (primary N) is 1. The van der Waals surface area contributed by atoms with Crippen LogP contribution in [-0.2, 0) is 4.79 Å². The van der Waals surface area contributed by atoms with Crippen LogP contribution in [0.25, 0.3) is 10.2 Å². The molecule has 2 aromatic rings. The van der Waals surface area contributed by atoms with Crippen LogP contribution >= 0.6 is 11.3 Å². The van der Waals surface area contributed by atoms with Crippen molar-refractivity contribution >= 4 is 39.2 Å². The van der Waals surface area contributed by atoms with E-state index >= 15 is 0 Å². The average molecular weight is 263 g/mol. The van der Waals surface area contributed by atoms with Crippen LogP contribution in [0.15, 0.2) is 11.4 Å². The quantitative estimate of drug-likeness (QED) is 0.813. The molecule has 6 nitrogen and oxygen atoms in total. The molecule has 18 heavy (non-hydrogen) atoms. The van der Waals surface area contributed by atoms with Crippen molar-refractivity contribution in [2.24, 2.45) is 0 Å². The molecule has 3 rings (SSSR count). The second kappa shape index (κ2) is 4.09. The monoisotopic (exact) mass is 263 g/mol. The van der Waals surface area contributed by atoms with Gasteiger partial charge < -0.3 is 15.5 Å². The highest BCUT2D eigenvalue weighted by Gasteiger charge is 2.24. The van der Waals surface area contributed by atoms with Crippen molar-refractivity contribution in [1.29, 1.82) is 0 Å². The van der Waals surface area contributed by atoms with Gasteiger partial charge in [-0.05, 0) is 11.4 Å². The van der Waals surface area contributed by atoms with Gasteiger partial charge in [0, 0.05) is 20.1 Å². The molecule has 1 aliphatic heterocycles. The predicted molar refractivity (Wildman–Crippen MR) is 71.7 cm³/mol. The zero-order chi connectivity index (χ0) is 12.7. The number of anilines is 2. The fraction of sp³-hybridized carbons (Fsp3) is 0.364. The Bertz CT molecular complexity index is 610. The first-order valence-corrected chi connectivity index (χ1v) is 6.53. The van der Waals surface area contributed by atoms with Gasteiger partial charge in [0.1, 0.15) is 10.6 Å². The number of hydrogen-bond acceptors (Lipinski definition) is 6. The zero-order valence-electron chi connectivity index (χ0n) is 9.96. The highest BCUT2D eigenvalue weighted by Crippen LogP contribution is 2.28. The average Bonchev–Trinajstić information content (AvgIpc) is 2.79. The molecular formula is C11H13N5OS. The number of aromatic nitrogens is 2. The summed E-state index contributed by atoms with van der Waals surface area (Å²) in [7, 11) is 1.81. The molecule has 0 unspecified atom stereocenters. The van der Waals surface area contributed by atoms with Crippen molar-refractivity contribution in [3.8, 4) is 0 Å². The molecule has 0 radical (unpaired) electrons. The highest BCUT2D eigenvalue weighted by molar-refractivity contribution is 7.16. The van der Waals surface area contributed by atoms with E-state index in [1.807, 2.05) is 23.4 Å². The molecule has 0 atom stereocenters. The molecule has 3 heterocycles. The Balaban J connectivity index is 2.03. The van der Waals surface area contributed by atoms with Crippen molar-refractivity contribution in [1.82, 2.24) is 14.9 Å². The molecule has 0 saturated carbocycles. The van der Waals surface area contributed by atoms with Gasteiger partial charge in [0.2, 0.25) is 11.9 Å². The van der Waals surface area contributed by atoms with Crippen LogP contribution in [0.3, 0.4) is 0 Å². The molecule has 94 valence electrons.